The van der Waals surface area contributed by atoms with E-state index in [0.717, 1.165) is 6.42 Å². The van der Waals surface area contributed by atoms with Crippen molar-refractivity contribution >= 4 is 22.7 Å². The largest absolute Gasteiger partial charge is 0.133 e. The maximum absolute atomic E-state index is 3.17. The highest BCUT2D eigenvalue weighted by molar-refractivity contribution is 7.20. The van der Waals surface area contributed by atoms with Crippen molar-refractivity contribution in [3.05, 3.63) is 34.0 Å². The molecule has 2 heterocycles. The maximum atomic E-state index is 3.17. The van der Waals surface area contributed by atoms with E-state index < -0.39 is 0 Å². The number of fused-ring (bicyclic) bond motifs is 3. The summed E-state index contributed by atoms with van der Waals surface area (Å²) in [5, 5.41) is 6.33. The van der Waals surface area contributed by atoms with Gasteiger partial charge in [0.05, 0.1) is 0 Å². The molecule has 1 aliphatic rings. The van der Waals surface area contributed by atoms with E-state index in [1.54, 1.807) is 22.7 Å². The van der Waals surface area contributed by atoms with E-state index in [9.17, 15) is 0 Å². The zero-order valence-electron chi connectivity index (χ0n) is 5.68. The normalized spacial score (nSPS) is 13.1. The van der Waals surface area contributed by atoms with Crippen LogP contribution in [0.2, 0.25) is 0 Å². The van der Waals surface area contributed by atoms with Crippen molar-refractivity contribution in [3.8, 4) is 9.75 Å². The van der Waals surface area contributed by atoms with Crippen LogP contribution in [-0.2, 0) is 6.42 Å². The van der Waals surface area contributed by atoms with Crippen molar-refractivity contribution in [1.82, 2.24) is 0 Å². The van der Waals surface area contributed by atoms with Gasteiger partial charge in [0.15, 0.2) is 0 Å². The molecular formula is C9H4S2. The van der Waals surface area contributed by atoms with Crippen molar-refractivity contribution < 1.29 is 0 Å². The molecular weight excluding hydrogens is 172 g/mol. The highest BCUT2D eigenvalue weighted by Gasteiger charge is 2.20. The monoisotopic (exact) mass is 176 g/mol. The zero-order valence-corrected chi connectivity index (χ0v) is 7.31. The Balaban J connectivity index is 2.38. The van der Waals surface area contributed by atoms with Gasteiger partial charge in [-0.1, -0.05) is 0 Å². The lowest BCUT2D eigenvalue weighted by atomic mass is 10.2. The molecule has 0 amide bonds. The zero-order chi connectivity index (χ0) is 7.26. The van der Waals surface area contributed by atoms with E-state index in [4.69, 9.17) is 0 Å². The van der Waals surface area contributed by atoms with Crippen molar-refractivity contribution in [2.24, 2.45) is 0 Å². The van der Waals surface area contributed by atoms with Crippen LogP contribution in [0.5, 0.6) is 0 Å². The minimum Gasteiger partial charge on any atom is -0.133 e. The summed E-state index contributed by atoms with van der Waals surface area (Å²) in [6, 6.07) is 4.21. The van der Waals surface area contributed by atoms with Crippen molar-refractivity contribution in [2.75, 3.05) is 0 Å². The third kappa shape index (κ3) is 0.686. The third-order valence-corrected chi connectivity index (χ3v) is 3.90. The van der Waals surface area contributed by atoms with Gasteiger partial charge < -0.3 is 0 Å². The predicted octanol–water partition coefficient (Wildman–Crippen LogP) is 2.98. The summed E-state index contributed by atoms with van der Waals surface area (Å²) in [5.41, 5.74) is 2.90. The number of thiophene rings is 2. The summed E-state index contributed by atoms with van der Waals surface area (Å²) >= 11 is 3.45. The van der Waals surface area contributed by atoms with Crippen LogP contribution in [0, 0.1) is 10.8 Å². The molecule has 52 valence electrons. The lowest BCUT2D eigenvalue weighted by molar-refractivity contribution is 1.28. The van der Waals surface area contributed by atoms with Crippen LogP contribution in [0.25, 0.3) is 9.75 Å². The molecule has 0 bridgehead atoms. The minimum absolute atomic E-state index is 1.10. The molecule has 0 nitrogen and oxygen atoms in total. The number of rotatable bonds is 0. The molecule has 1 aliphatic carbocycles. The van der Waals surface area contributed by atoms with Gasteiger partial charge in [0.25, 0.3) is 0 Å². The van der Waals surface area contributed by atoms with Crippen molar-refractivity contribution in [1.29, 1.82) is 0 Å². The number of hydrogen-bond donors (Lipinski definition) is 0. The number of hydrogen-bond acceptors (Lipinski definition) is 2. The van der Waals surface area contributed by atoms with Crippen LogP contribution in [0.1, 0.15) is 11.1 Å². The lowest BCUT2D eigenvalue weighted by Gasteiger charge is -1.84. The lowest BCUT2D eigenvalue weighted by Crippen LogP contribution is -1.72. The first-order valence-electron chi connectivity index (χ1n) is 3.43. The van der Waals surface area contributed by atoms with Crippen LogP contribution in [0.3, 0.4) is 0 Å². The average Bonchev–Trinajstić information content (AvgIpc) is 2.52. The molecule has 0 aliphatic heterocycles. The summed E-state index contributed by atoms with van der Waals surface area (Å²) in [6.45, 7) is 0. The van der Waals surface area contributed by atoms with Gasteiger partial charge >= 0.3 is 0 Å². The summed E-state index contributed by atoms with van der Waals surface area (Å²) < 4.78 is 0. The Kier molecular flexibility index (Phi) is 1.06. The molecule has 3 rings (SSSR count). The van der Waals surface area contributed by atoms with E-state index in [1.807, 2.05) is 0 Å². The Hall–Kier alpha value is -0.600. The third-order valence-electron chi connectivity index (χ3n) is 1.96. The Morgan fingerprint density at radius 1 is 1.00 bits per heavy atom. The van der Waals surface area contributed by atoms with E-state index in [-0.39, 0.29) is 0 Å². The maximum Gasteiger partial charge on any atom is 0.0488 e. The topological polar surface area (TPSA) is 0 Å². The van der Waals surface area contributed by atoms with Crippen LogP contribution in [0.4, 0.5) is 0 Å². The van der Waals surface area contributed by atoms with Crippen molar-refractivity contribution in [2.45, 2.75) is 6.42 Å². The fourth-order valence-electron chi connectivity index (χ4n) is 1.43. The predicted molar refractivity (Wildman–Crippen MR) is 48.1 cm³/mol. The van der Waals surface area contributed by atoms with Gasteiger partial charge in [0.1, 0.15) is 0 Å². The van der Waals surface area contributed by atoms with E-state index in [1.165, 1.54) is 20.9 Å². The first kappa shape index (κ1) is 5.98. The average molecular weight is 176 g/mol. The highest BCUT2D eigenvalue weighted by atomic mass is 32.1. The van der Waals surface area contributed by atoms with Gasteiger partial charge in [0, 0.05) is 26.9 Å². The van der Waals surface area contributed by atoms with E-state index in [0.29, 0.717) is 0 Å². The van der Waals surface area contributed by atoms with Gasteiger partial charge in [-0.2, -0.15) is 0 Å². The summed E-state index contributed by atoms with van der Waals surface area (Å²) in [7, 11) is 0. The smallest absolute Gasteiger partial charge is 0.0488 e. The molecule has 0 fully saturated rings. The standard InChI is InChI=1S/C9H4S2/c1-3-10-8-6(1)5-7-2-4-11-9(7)8/h1-2H,5H2. The first-order valence-corrected chi connectivity index (χ1v) is 5.06. The summed E-state index contributed by atoms with van der Waals surface area (Å²) in [4.78, 5) is 2.84. The Bertz CT molecular complexity index is 357. The molecule has 0 N–H and O–H groups in total. The Morgan fingerprint density at radius 3 is 2.09 bits per heavy atom. The molecule has 2 radical (unpaired) electrons. The van der Waals surface area contributed by atoms with Gasteiger partial charge in [0.2, 0.25) is 0 Å². The SMILES string of the molecule is [c]1cc2c(s1)-c1s[c]cc1C2. The Labute approximate surface area is 73.1 Å². The fourth-order valence-corrected chi connectivity index (χ4v) is 3.29. The van der Waals surface area contributed by atoms with E-state index in [2.05, 4.69) is 22.9 Å². The van der Waals surface area contributed by atoms with Gasteiger partial charge in [-0.25, -0.2) is 0 Å². The van der Waals surface area contributed by atoms with Gasteiger partial charge in [-0.3, -0.25) is 0 Å². The van der Waals surface area contributed by atoms with Gasteiger partial charge in [-0.05, 0) is 23.3 Å². The fraction of sp³-hybridized carbons (Fsp3) is 0.111. The minimum atomic E-state index is 1.10. The molecule has 0 aromatic carbocycles. The second kappa shape index (κ2) is 1.96. The van der Waals surface area contributed by atoms with Crippen LogP contribution in [0.15, 0.2) is 12.1 Å². The molecule has 2 heteroatoms. The van der Waals surface area contributed by atoms with E-state index >= 15 is 0 Å². The molecule has 11 heavy (non-hydrogen) atoms. The summed E-state index contributed by atoms with van der Waals surface area (Å²) in [5.74, 6) is 0. The summed E-state index contributed by atoms with van der Waals surface area (Å²) in [6.07, 6.45) is 1.10. The highest BCUT2D eigenvalue weighted by Crippen LogP contribution is 2.42. The van der Waals surface area contributed by atoms with Crippen LogP contribution >= 0.6 is 22.7 Å². The first-order chi connectivity index (χ1) is 5.45. The second-order valence-corrected chi connectivity index (χ2v) is 4.31. The molecule has 0 unspecified atom stereocenters. The quantitative estimate of drug-likeness (QED) is 0.494. The van der Waals surface area contributed by atoms with Crippen LogP contribution in [-0.4, -0.2) is 0 Å². The van der Waals surface area contributed by atoms with Gasteiger partial charge in [-0.15, -0.1) is 22.7 Å². The molecule has 0 atom stereocenters. The Morgan fingerprint density at radius 2 is 1.55 bits per heavy atom. The molecule has 2 aromatic heterocycles. The molecule has 0 saturated carbocycles. The van der Waals surface area contributed by atoms with Crippen LogP contribution < -0.4 is 0 Å². The second-order valence-electron chi connectivity index (χ2n) is 2.61. The molecule has 0 saturated heterocycles. The molecule has 0 spiro atoms. The van der Waals surface area contributed by atoms with Crippen molar-refractivity contribution in [3.63, 3.8) is 0 Å². The molecule has 2 aromatic rings.